The summed E-state index contributed by atoms with van der Waals surface area (Å²) in [6, 6.07) is 10.6. The molecule has 0 spiro atoms. The number of nitrogens with one attached hydrogen (secondary N) is 1. The van der Waals surface area contributed by atoms with Crippen molar-refractivity contribution >= 4 is 16.9 Å². The third-order valence-electron chi connectivity index (χ3n) is 5.15. The molecule has 0 radical (unpaired) electrons. The van der Waals surface area contributed by atoms with Gasteiger partial charge in [0.25, 0.3) is 0 Å². The Bertz CT molecular complexity index is 1260. The zero-order valence-electron chi connectivity index (χ0n) is 17.6. The van der Waals surface area contributed by atoms with Gasteiger partial charge in [0.1, 0.15) is 12.6 Å². The van der Waals surface area contributed by atoms with Gasteiger partial charge in [-0.15, -0.1) is 0 Å². The van der Waals surface area contributed by atoms with E-state index >= 15 is 0 Å². The van der Waals surface area contributed by atoms with E-state index in [9.17, 15) is 9.59 Å². The summed E-state index contributed by atoms with van der Waals surface area (Å²) in [6.45, 7) is 6.24. The van der Waals surface area contributed by atoms with Crippen LogP contribution in [0.5, 0.6) is 0 Å². The zero-order valence-corrected chi connectivity index (χ0v) is 17.6. The van der Waals surface area contributed by atoms with Crippen LogP contribution in [0.3, 0.4) is 0 Å². The molecule has 1 N–H and O–H groups in total. The summed E-state index contributed by atoms with van der Waals surface area (Å²) >= 11 is 0. The molecular formula is C22H24N6O3. The van der Waals surface area contributed by atoms with Crippen LogP contribution in [-0.4, -0.2) is 30.2 Å². The van der Waals surface area contributed by atoms with E-state index in [1.807, 2.05) is 51.1 Å². The molecule has 4 rings (SSSR count). The minimum Gasteiger partial charge on any atom is -0.342 e. The zero-order chi connectivity index (χ0) is 22.0. The minimum absolute atomic E-state index is 0.000135. The number of hydrogen-bond acceptors (Lipinski definition) is 6. The molecule has 9 heteroatoms. The van der Waals surface area contributed by atoms with Crippen molar-refractivity contribution in [2.45, 2.75) is 39.9 Å². The average Bonchev–Trinajstić information content (AvgIpc) is 3.36. The number of hydrogen-bond donors (Lipinski definition) is 1. The molecule has 0 bridgehead atoms. The number of amides is 1. The van der Waals surface area contributed by atoms with Crippen LogP contribution in [-0.2, 0) is 17.9 Å². The van der Waals surface area contributed by atoms with E-state index in [1.165, 1.54) is 4.57 Å². The maximum Gasteiger partial charge on any atom is 0.329 e. The van der Waals surface area contributed by atoms with E-state index in [2.05, 4.69) is 20.4 Å². The Balaban J connectivity index is 1.57. The molecule has 1 aromatic carbocycles. The summed E-state index contributed by atoms with van der Waals surface area (Å²) < 4.78 is 8.57. The van der Waals surface area contributed by atoms with E-state index in [-0.39, 0.29) is 24.1 Å². The third kappa shape index (κ3) is 3.98. The smallest absolute Gasteiger partial charge is 0.329 e. The van der Waals surface area contributed by atoms with Gasteiger partial charge in [0, 0.05) is 24.5 Å². The van der Waals surface area contributed by atoms with Crippen LogP contribution < -0.4 is 11.0 Å². The predicted octanol–water partition coefficient (Wildman–Crippen LogP) is 2.78. The molecule has 0 aliphatic carbocycles. The van der Waals surface area contributed by atoms with E-state index in [1.54, 1.807) is 23.0 Å². The first-order valence-corrected chi connectivity index (χ1v) is 10.2. The average molecular weight is 420 g/mol. The highest BCUT2D eigenvalue weighted by molar-refractivity contribution is 5.81. The molecule has 31 heavy (non-hydrogen) atoms. The number of benzene rings is 1. The monoisotopic (exact) mass is 420 g/mol. The Morgan fingerprint density at radius 2 is 1.87 bits per heavy atom. The Kier molecular flexibility index (Phi) is 5.66. The molecule has 9 nitrogen and oxygen atoms in total. The molecule has 1 amide bonds. The predicted molar refractivity (Wildman–Crippen MR) is 115 cm³/mol. The van der Waals surface area contributed by atoms with Gasteiger partial charge in [-0.05, 0) is 37.1 Å². The van der Waals surface area contributed by atoms with Crippen molar-refractivity contribution in [3.05, 3.63) is 65.2 Å². The molecule has 1 atom stereocenters. The normalized spacial score (nSPS) is 12.4. The van der Waals surface area contributed by atoms with E-state index < -0.39 is 6.04 Å². The number of nitrogens with zero attached hydrogens (tertiary/aromatic N) is 5. The number of carbonyl (C=O) groups is 1. The van der Waals surface area contributed by atoms with Gasteiger partial charge in [-0.2, -0.15) is 4.98 Å². The van der Waals surface area contributed by atoms with Gasteiger partial charge in [0.15, 0.2) is 0 Å². The first-order chi connectivity index (χ1) is 15.0. The van der Waals surface area contributed by atoms with Crippen molar-refractivity contribution in [2.75, 3.05) is 0 Å². The van der Waals surface area contributed by atoms with Gasteiger partial charge in [0.2, 0.25) is 17.6 Å². The van der Waals surface area contributed by atoms with Crippen molar-refractivity contribution < 1.29 is 9.32 Å². The van der Waals surface area contributed by atoms with E-state index in [4.69, 9.17) is 4.52 Å². The van der Waals surface area contributed by atoms with Crippen LogP contribution >= 0.6 is 0 Å². The second-order valence-corrected chi connectivity index (χ2v) is 7.59. The molecule has 0 saturated heterocycles. The molecule has 160 valence electrons. The largest absolute Gasteiger partial charge is 0.342 e. The van der Waals surface area contributed by atoms with Gasteiger partial charge in [-0.3, -0.25) is 18.9 Å². The van der Waals surface area contributed by atoms with Crippen LogP contribution in [0.4, 0.5) is 0 Å². The van der Waals surface area contributed by atoms with Gasteiger partial charge in [-0.1, -0.05) is 31.1 Å². The number of fused-ring (bicyclic) bond motifs is 1. The Labute approximate surface area is 178 Å². The molecular weight excluding hydrogens is 396 g/mol. The highest BCUT2D eigenvalue weighted by Crippen LogP contribution is 2.23. The summed E-state index contributed by atoms with van der Waals surface area (Å²) in [6.07, 6.45) is 3.31. The van der Waals surface area contributed by atoms with Crippen molar-refractivity contribution in [1.29, 1.82) is 0 Å². The number of para-hydroxylation sites is 2. The lowest BCUT2D eigenvalue weighted by molar-refractivity contribution is -0.123. The highest BCUT2D eigenvalue weighted by Gasteiger charge is 2.26. The molecule has 1 unspecified atom stereocenters. The molecule has 0 fully saturated rings. The summed E-state index contributed by atoms with van der Waals surface area (Å²) in [7, 11) is 0. The van der Waals surface area contributed by atoms with Gasteiger partial charge >= 0.3 is 5.69 Å². The van der Waals surface area contributed by atoms with Crippen molar-refractivity contribution in [3.8, 4) is 11.4 Å². The fourth-order valence-electron chi connectivity index (χ4n) is 3.58. The topological polar surface area (TPSA) is 108 Å². The fraction of sp³-hybridized carbons (Fsp3) is 0.318. The van der Waals surface area contributed by atoms with E-state index in [0.29, 0.717) is 18.3 Å². The lowest BCUT2D eigenvalue weighted by Gasteiger charge is -2.18. The van der Waals surface area contributed by atoms with Crippen LogP contribution in [0.2, 0.25) is 0 Å². The standard InChI is InChI=1S/C22H24N6O3/c1-4-27-16-9-5-6-10-17(16)28(22(27)30)13-18(29)24-19(14(2)3)21-25-20(26-31-21)15-8-7-11-23-12-15/h5-12,14,19H,4,13H2,1-3H3,(H,24,29). The number of imidazole rings is 1. The van der Waals surface area contributed by atoms with Gasteiger partial charge < -0.3 is 9.84 Å². The maximum atomic E-state index is 12.9. The summed E-state index contributed by atoms with van der Waals surface area (Å²) in [4.78, 5) is 34.2. The second kappa shape index (κ2) is 8.55. The molecule has 4 aromatic rings. The first-order valence-electron chi connectivity index (χ1n) is 10.2. The van der Waals surface area contributed by atoms with Crippen molar-refractivity contribution in [1.82, 2.24) is 29.6 Å². The lowest BCUT2D eigenvalue weighted by atomic mass is 10.0. The number of pyridine rings is 1. The highest BCUT2D eigenvalue weighted by atomic mass is 16.5. The van der Waals surface area contributed by atoms with Crippen LogP contribution in [0, 0.1) is 5.92 Å². The van der Waals surface area contributed by atoms with Crippen LogP contribution in [0.25, 0.3) is 22.4 Å². The molecule has 0 aliphatic rings. The number of carbonyl (C=O) groups excluding carboxylic acids is 1. The maximum absolute atomic E-state index is 12.9. The second-order valence-electron chi connectivity index (χ2n) is 7.59. The number of rotatable bonds is 7. The quantitative estimate of drug-likeness (QED) is 0.493. The Morgan fingerprint density at radius 3 is 2.52 bits per heavy atom. The first kappa shape index (κ1) is 20.5. The molecule has 3 heterocycles. The Morgan fingerprint density at radius 1 is 1.13 bits per heavy atom. The van der Waals surface area contributed by atoms with Crippen molar-refractivity contribution in [2.24, 2.45) is 5.92 Å². The fourth-order valence-corrected chi connectivity index (χ4v) is 3.58. The van der Waals surface area contributed by atoms with Crippen LogP contribution in [0.1, 0.15) is 32.7 Å². The minimum atomic E-state index is -0.486. The number of aryl methyl sites for hydroxylation is 1. The summed E-state index contributed by atoms with van der Waals surface area (Å²) in [5.74, 6) is 0.413. The summed E-state index contributed by atoms with van der Waals surface area (Å²) in [5.41, 5.74) is 2.05. The molecule has 0 saturated carbocycles. The molecule has 0 aliphatic heterocycles. The van der Waals surface area contributed by atoms with Crippen molar-refractivity contribution in [3.63, 3.8) is 0 Å². The summed E-state index contributed by atoms with van der Waals surface area (Å²) in [5, 5.41) is 6.96. The lowest BCUT2D eigenvalue weighted by Crippen LogP contribution is -2.37. The Hall–Kier alpha value is -3.75. The third-order valence-corrected chi connectivity index (χ3v) is 5.15. The van der Waals surface area contributed by atoms with E-state index in [0.717, 1.165) is 16.6 Å². The van der Waals surface area contributed by atoms with Gasteiger partial charge in [0.05, 0.1) is 11.0 Å². The number of aromatic nitrogens is 5. The van der Waals surface area contributed by atoms with Crippen LogP contribution in [0.15, 0.2) is 58.1 Å². The molecule has 3 aromatic heterocycles. The SMILES string of the molecule is CCn1c(=O)n(CC(=O)NC(c2nc(-c3cccnc3)no2)C(C)C)c2ccccc21. The van der Waals surface area contributed by atoms with Gasteiger partial charge in [-0.25, -0.2) is 4.79 Å².